The van der Waals surface area contributed by atoms with E-state index in [2.05, 4.69) is 13.8 Å². The molecule has 1 aliphatic heterocycles. The highest BCUT2D eigenvalue weighted by Crippen LogP contribution is 2.62. The zero-order valence-electron chi connectivity index (χ0n) is 10.8. The maximum atomic E-state index is 11.8. The summed E-state index contributed by atoms with van der Waals surface area (Å²) < 4.78 is 10.4. The van der Waals surface area contributed by atoms with Crippen LogP contribution in [0.3, 0.4) is 0 Å². The third kappa shape index (κ3) is 1.91. The fraction of sp³-hybridized carbons (Fsp3) is 0.500. The quantitative estimate of drug-likeness (QED) is 0.479. The van der Waals surface area contributed by atoms with Crippen LogP contribution in [-0.4, -0.2) is 18.1 Å². The van der Waals surface area contributed by atoms with Crippen LogP contribution in [0.2, 0.25) is 0 Å². The molecule has 2 unspecified atom stereocenters. The van der Waals surface area contributed by atoms with E-state index in [4.69, 9.17) is 21.1 Å². The molecule has 0 amide bonds. The Bertz CT molecular complexity index is 446. The molecule has 2 atom stereocenters. The fourth-order valence-corrected chi connectivity index (χ4v) is 2.77. The van der Waals surface area contributed by atoms with E-state index in [1.165, 1.54) is 7.11 Å². The van der Waals surface area contributed by atoms with Gasteiger partial charge in [-0.05, 0) is 17.9 Å². The summed E-state index contributed by atoms with van der Waals surface area (Å²) >= 11 is 6.30. The van der Waals surface area contributed by atoms with E-state index in [9.17, 15) is 4.79 Å². The molecule has 1 aromatic carbocycles. The molecule has 3 nitrogen and oxygen atoms in total. The van der Waals surface area contributed by atoms with E-state index in [0.29, 0.717) is 12.3 Å². The lowest BCUT2D eigenvalue weighted by Gasteiger charge is -2.17. The minimum atomic E-state index is -1.38. The highest BCUT2D eigenvalue weighted by atomic mass is 35.5. The van der Waals surface area contributed by atoms with Crippen molar-refractivity contribution in [1.82, 2.24) is 0 Å². The van der Waals surface area contributed by atoms with Crippen molar-refractivity contribution in [2.24, 2.45) is 5.92 Å². The molecule has 0 saturated carbocycles. The smallest absolute Gasteiger partial charge is 0.357 e. The van der Waals surface area contributed by atoms with Gasteiger partial charge in [0.15, 0.2) is 5.60 Å². The number of halogens is 1. The number of hydrogen-bond acceptors (Lipinski definition) is 3. The molecule has 1 heterocycles. The minimum Gasteiger partial charge on any atom is -0.466 e. The van der Waals surface area contributed by atoms with Crippen molar-refractivity contribution in [2.45, 2.75) is 30.9 Å². The van der Waals surface area contributed by atoms with Gasteiger partial charge in [0, 0.05) is 0 Å². The molecular weight excluding hydrogens is 252 g/mol. The topological polar surface area (TPSA) is 38.8 Å². The van der Waals surface area contributed by atoms with Crippen LogP contribution in [0.25, 0.3) is 0 Å². The van der Waals surface area contributed by atoms with Crippen LogP contribution < -0.4 is 0 Å². The van der Waals surface area contributed by atoms with Gasteiger partial charge in [-0.15, -0.1) is 0 Å². The van der Waals surface area contributed by atoms with Gasteiger partial charge in [0.25, 0.3) is 5.06 Å². The zero-order valence-corrected chi connectivity index (χ0v) is 11.5. The predicted molar refractivity (Wildman–Crippen MR) is 69.3 cm³/mol. The molecule has 1 saturated heterocycles. The summed E-state index contributed by atoms with van der Waals surface area (Å²) in [4.78, 5) is 11.8. The number of benzene rings is 1. The van der Waals surface area contributed by atoms with Gasteiger partial charge >= 0.3 is 5.97 Å². The third-order valence-electron chi connectivity index (χ3n) is 3.18. The van der Waals surface area contributed by atoms with Gasteiger partial charge in [0.2, 0.25) is 0 Å². The summed E-state index contributed by atoms with van der Waals surface area (Å²) in [6.07, 6.45) is 0.676. The number of carbonyl (C=O) groups excluding carboxylic acids is 1. The van der Waals surface area contributed by atoms with Gasteiger partial charge < -0.3 is 9.47 Å². The summed E-state index contributed by atoms with van der Waals surface area (Å²) in [5.41, 5.74) is 0.149. The van der Waals surface area contributed by atoms with Crippen LogP contribution in [0.1, 0.15) is 25.8 Å². The largest absolute Gasteiger partial charge is 0.466 e. The number of ether oxygens (including phenoxy) is 2. The van der Waals surface area contributed by atoms with Gasteiger partial charge in [-0.3, -0.25) is 0 Å². The number of carbonyl (C=O) groups is 1. The Labute approximate surface area is 112 Å². The maximum Gasteiger partial charge on any atom is 0.357 e. The maximum absolute atomic E-state index is 11.8. The second-order valence-electron chi connectivity index (χ2n) is 4.98. The Morgan fingerprint density at radius 1 is 1.39 bits per heavy atom. The molecule has 0 spiro atoms. The molecule has 18 heavy (non-hydrogen) atoms. The van der Waals surface area contributed by atoms with E-state index in [1.54, 1.807) is 0 Å². The molecule has 0 bridgehead atoms. The molecule has 0 aliphatic carbocycles. The predicted octanol–water partition coefficient (Wildman–Crippen LogP) is 3.07. The molecule has 0 aromatic heterocycles. The number of epoxide rings is 1. The molecule has 0 N–H and O–H groups in total. The first-order valence-electron chi connectivity index (χ1n) is 5.99. The lowest BCUT2D eigenvalue weighted by atomic mass is 9.87. The summed E-state index contributed by atoms with van der Waals surface area (Å²) in [5.74, 6) is -0.177. The number of methoxy groups -OCH3 is 1. The average Bonchev–Trinajstić information content (AvgIpc) is 2.96. The molecule has 4 heteroatoms. The van der Waals surface area contributed by atoms with E-state index in [-0.39, 0.29) is 0 Å². The number of esters is 1. The van der Waals surface area contributed by atoms with Gasteiger partial charge in [-0.1, -0.05) is 55.8 Å². The van der Waals surface area contributed by atoms with Gasteiger partial charge in [0.1, 0.15) is 0 Å². The van der Waals surface area contributed by atoms with Crippen LogP contribution in [-0.2, 0) is 19.9 Å². The Morgan fingerprint density at radius 2 is 2.00 bits per heavy atom. The highest BCUT2D eigenvalue weighted by Gasteiger charge is 2.76. The second-order valence-corrected chi connectivity index (χ2v) is 5.51. The van der Waals surface area contributed by atoms with Crippen LogP contribution >= 0.6 is 11.6 Å². The fourth-order valence-electron chi connectivity index (χ4n) is 2.37. The Hall–Kier alpha value is -1.06. The molecule has 1 aromatic rings. The average molecular weight is 269 g/mol. The summed E-state index contributed by atoms with van der Waals surface area (Å²) in [5, 5.41) is -1.38. The van der Waals surface area contributed by atoms with Crippen LogP contribution in [0, 0.1) is 5.92 Å². The standard InChI is InChI=1S/C14H17ClO3/c1-10(2)9-13(11-7-5-4-6-8-11)14(15,18-13)12(16)17-3/h4-8,10H,9H2,1-3H3. The normalized spacial score (nSPS) is 30.3. The summed E-state index contributed by atoms with van der Waals surface area (Å²) in [6, 6.07) is 9.59. The van der Waals surface area contributed by atoms with Crippen LogP contribution in [0.5, 0.6) is 0 Å². The highest BCUT2D eigenvalue weighted by molar-refractivity contribution is 6.35. The molecule has 1 aliphatic rings. The Kier molecular flexibility index (Phi) is 3.39. The number of alkyl halides is 1. The number of hydrogen-bond donors (Lipinski definition) is 0. The van der Waals surface area contributed by atoms with E-state index >= 15 is 0 Å². The molecule has 98 valence electrons. The minimum absolute atomic E-state index is 0.357. The SMILES string of the molecule is COC(=O)C1(Cl)OC1(CC(C)C)c1ccccc1. The van der Waals surface area contributed by atoms with Crippen molar-refractivity contribution >= 4 is 17.6 Å². The molecule has 0 radical (unpaired) electrons. The summed E-state index contributed by atoms with van der Waals surface area (Å²) in [6.45, 7) is 4.14. The number of rotatable bonds is 4. The van der Waals surface area contributed by atoms with Crippen molar-refractivity contribution in [3.8, 4) is 0 Å². The first-order valence-corrected chi connectivity index (χ1v) is 6.37. The second kappa shape index (κ2) is 4.56. The lowest BCUT2D eigenvalue weighted by Crippen LogP contribution is -2.30. The van der Waals surface area contributed by atoms with Crippen molar-refractivity contribution in [3.05, 3.63) is 35.9 Å². The Morgan fingerprint density at radius 3 is 2.50 bits per heavy atom. The van der Waals surface area contributed by atoms with Crippen molar-refractivity contribution < 1.29 is 14.3 Å². The molecular formula is C14H17ClO3. The van der Waals surface area contributed by atoms with E-state index in [0.717, 1.165) is 5.56 Å². The zero-order chi connectivity index (χ0) is 13.4. The first kappa shape index (κ1) is 13.4. The molecule has 1 fully saturated rings. The van der Waals surface area contributed by atoms with Gasteiger partial charge in [-0.25, -0.2) is 4.79 Å². The third-order valence-corrected chi connectivity index (χ3v) is 3.71. The van der Waals surface area contributed by atoms with Crippen molar-refractivity contribution in [3.63, 3.8) is 0 Å². The van der Waals surface area contributed by atoms with Gasteiger partial charge in [-0.2, -0.15) is 0 Å². The monoisotopic (exact) mass is 268 g/mol. The first-order chi connectivity index (χ1) is 8.46. The van der Waals surface area contributed by atoms with E-state index in [1.807, 2.05) is 30.3 Å². The lowest BCUT2D eigenvalue weighted by molar-refractivity contribution is -0.143. The van der Waals surface area contributed by atoms with Crippen molar-refractivity contribution in [1.29, 1.82) is 0 Å². The van der Waals surface area contributed by atoms with Crippen LogP contribution in [0.15, 0.2) is 30.3 Å². The van der Waals surface area contributed by atoms with E-state index < -0.39 is 16.6 Å². The van der Waals surface area contributed by atoms with Gasteiger partial charge in [0.05, 0.1) is 7.11 Å². The van der Waals surface area contributed by atoms with Crippen molar-refractivity contribution in [2.75, 3.05) is 7.11 Å². The summed E-state index contributed by atoms with van der Waals surface area (Å²) in [7, 11) is 1.32. The Balaban J connectivity index is 2.37. The molecule has 2 rings (SSSR count). The van der Waals surface area contributed by atoms with Crippen LogP contribution in [0.4, 0.5) is 0 Å².